The normalized spacial score (nSPS) is 14.0. The van der Waals surface area contributed by atoms with Gasteiger partial charge in [0.1, 0.15) is 5.75 Å². The zero-order chi connectivity index (χ0) is 16.1. The summed E-state index contributed by atoms with van der Waals surface area (Å²) >= 11 is 1.64. The Labute approximate surface area is 151 Å². The minimum absolute atomic E-state index is 0. The van der Waals surface area contributed by atoms with Crippen molar-refractivity contribution < 1.29 is 9.53 Å². The molecule has 5 nitrogen and oxygen atoms in total. The van der Waals surface area contributed by atoms with Gasteiger partial charge < -0.3 is 10.1 Å². The number of hydrogen-bond donors (Lipinski definition) is 1. The lowest BCUT2D eigenvalue weighted by molar-refractivity contribution is -0.128. The average Bonchev–Trinajstić information content (AvgIpc) is 3.06. The molecule has 2 aromatic rings. The van der Waals surface area contributed by atoms with Gasteiger partial charge in [0.05, 0.1) is 19.7 Å². The Balaban J connectivity index is 0.00000208. The van der Waals surface area contributed by atoms with E-state index in [9.17, 15) is 4.79 Å². The first-order chi connectivity index (χ1) is 11.3. The van der Waals surface area contributed by atoms with Crippen molar-refractivity contribution >= 4 is 41.3 Å². The maximum Gasteiger partial charge on any atom is 0.231 e. The number of carbonyl (C=O) groups is 1. The van der Waals surface area contributed by atoms with Crippen molar-refractivity contribution in [3.8, 4) is 5.75 Å². The van der Waals surface area contributed by atoms with Crippen LogP contribution in [0.25, 0.3) is 0 Å². The molecule has 1 amide bonds. The molecule has 0 atom stereocenters. The fraction of sp³-hybridized carbons (Fsp3) is 0.294. The van der Waals surface area contributed by atoms with E-state index >= 15 is 0 Å². The van der Waals surface area contributed by atoms with Crippen molar-refractivity contribution in [1.29, 1.82) is 0 Å². The first-order valence-corrected chi connectivity index (χ1v) is 8.51. The predicted octanol–water partition coefficient (Wildman–Crippen LogP) is 3.77. The van der Waals surface area contributed by atoms with Crippen molar-refractivity contribution in [3.63, 3.8) is 0 Å². The number of hydrogen-bond acceptors (Lipinski definition) is 5. The second kappa shape index (κ2) is 8.70. The van der Waals surface area contributed by atoms with E-state index in [2.05, 4.69) is 10.3 Å². The molecule has 0 aliphatic carbocycles. The Bertz CT molecular complexity index is 686. The number of nitrogens with zero attached hydrogens (tertiary/aromatic N) is 2. The molecule has 1 aromatic carbocycles. The number of halogens is 1. The van der Waals surface area contributed by atoms with E-state index in [1.165, 1.54) is 0 Å². The van der Waals surface area contributed by atoms with Crippen LogP contribution in [-0.4, -0.2) is 29.9 Å². The monoisotopic (exact) mass is 365 g/mol. The molecule has 1 N–H and O–H groups in total. The lowest BCUT2D eigenvalue weighted by Crippen LogP contribution is -2.43. The fourth-order valence-electron chi connectivity index (χ4n) is 2.35. The summed E-state index contributed by atoms with van der Waals surface area (Å²) in [5, 5.41) is 5.26. The molecule has 1 aliphatic heterocycles. The molecular formula is C17H20ClN3O2S. The molecular weight excluding hydrogens is 346 g/mol. The van der Waals surface area contributed by atoms with E-state index in [0.29, 0.717) is 32.1 Å². The summed E-state index contributed by atoms with van der Waals surface area (Å²) in [5.41, 5.74) is 0.887. The predicted molar refractivity (Wildman–Crippen MR) is 100 cm³/mol. The number of guanidine groups is 1. The van der Waals surface area contributed by atoms with E-state index in [1.54, 1.807) is 16.2 Å². The van der Waals surface area contributed by atoms with Crippen LogP contribution in [0.15, 0.2) is 46.8 Å². The van der Waals surface area contributed by atoms with Crippen LogP contribution in [-0.2, 0) is 11.3 Å². The third kappa shape index (κ3) is 4.49. The maximum atomic E-state index is 12.3. The molecule has 7 heteroatoms. The van der Waals surface area contributed by atoms with E-state index in [1.807, 2.05) is 48.7 Å². The Morgan fingerprint density at radius 3 is 2.75 bits per heavy atom. The van der Waals surface area contributed by atoms with E-state index < -0.39 is 0 Å². The first-order valence-electron chi connectivity index (χ1n) is 7.63. The van der Waals surface area contributed by atoms with Gasteiger partial charge in [-0.05, 0) is 42.6 Å². The molecule has 0 spiro atoms. The summed E-state index contributed by atoms with van der Waals surface area (Å²) in [4.78, 5) is 19.6. The molecule has 2 heterocycles. The third-order valence-corrected chi connectivity index (χ3v) is 4.32. The number of benzene rings is 1. The molecule has 0 fully saturated rings. The van der Waals surface area contributed by atoms with Crippen molar-refractivity contribution in [3.05, 3.63) is 46.7 Å². The van der Waals surface area contributed by atoms with E-state index in [4.69, 9.17) is 4.74 Å². The van der Waals surface area contributed by atoms with Crippen molar-refractivity contribution in [2.75, 3.05) is 18.5 Å². The lowest BCUT2D eigenvalue weighted by Gasteiger charge is -2.27. The van der Waals surface area contributed by atoms with Crippen LogP contribution in [0.3, 0.4) is 0 Å². The van der Waals surface area contributed by atoms with Gasteiger partial charge in [-0.3, -0.25) is 14.7 Å². The summed E-state index contributed by atoms with van der Waals surface area (Å²) in [5.74, 6) is 1.54. The molecule has 0 bridgehead atoms. The van der Waals surface area contributed by atoms with Gasteiger partial charge in [-0.15, -0.1) is 23.7 Å². The topological polar surface area (TPSA) is 53.9 Å². The maximum absolute atomic E-state index is 12.3. The second-order valence-corrected chi connectivity index (χ2v) is 6.13. The largest absolute Gasteiger partial charge is 0.494 e. The number of ether oxygens (including phenoxy) is 1. The Morgan fingerprint density at radius 1 is 1.29 bits per heavy atom. The summed E-state index contributed by atoms with van der Waals surface area (Å²) in [7, 11) is 0. The third-order valence-electron chi connectivity index (χ3n) is 3.46. The molecule has 1 aromatic heterocycles. The molecule has 0 unspecified atom stereocenters. The number of thiophene rings is 1. The lowest BCUT2D eigenvalue weighted by atomic mass is 10.2. The number of amides is 1. The SMILES string of the molecule is CCOc1ccc(NC2=NCCC(=O)N2Cc2cccs2)cc1.Cl. The van der Waals surface area contributed by atoms with Gasteiger partial charge in [-0.2, -0.15) is 0 Å². The number of rotatable bonds is 5. The van der Waals surface area contributed by atoms with Gasteiger partial charge >= 0.3 is 0 Å². The summed E-state index contributed by atoms with van der Waals surface area (Å²) in [6.45, 7) is 3.68. The highest BCUT2D eigenvalue weighted by Crippen LogP contribution is 2.19. The van der Waals surface area contributed by atoms with Gasteiger partial charge in [0.2, 0.25) is 11.9 Å². The van der Waals surface area contributed by atoms with Crippen LogP contribution in [0.5, 0.6) is 5.75 Å². The Kier molecular flexibility index (Phi) is 6.63. The quantitative estimate of drug-likeness (QED) is 0.877. The second-order valence-electron chi connectivity index (χ2n) is 5.10. The van der Waals surface area contributed by atoms with Crippen LogP contribution in [0.1, 0.15) is 18.2 Å². The standard InChI is InChI=1S/C17H19N3O2S.ClH/c1-2-22-14-7-5-13(6-8-14)19-17-18-10-9-16(21)20(17)12-15-4-3-11-23-15;/h3-8,11H,2,9-10,12H2,1H3,(H,18,19);1H. The minimum Gasteiger partial charge on any atom is -0.494 e. The van der Waals surface area contributed by atoms with Crippen LogP contribution in [0.2, 0.25) is 0 Å². The van der Waals surface area contributed by atoms with E-state index in [0.717, 1.165) is 16.3 Å². The summed E-state index contributed by atoms with van der Waals surface area (Å²) in [6, 6.07) is 11.7. The minimum atomic E-state index is 0. The van der Waals surface area contributed by atoms with Gasteiger partial charge in [0, 0.05) is 17.0 Å². The van der Waals surface area contributed by atoms with Crippen LogP contribution in [0, 0.1) is 0 Å². The fourth-order valence-corrected chi connectivity index (χ4v) is 3.05. The van der Waals surface area contributed by atoms with Crippen LogP contribution < -0.4 is 10.1 Å². The summed E-state index contributed by atoms with van der Waals surface area (Å²) < 4.78 is 5.44. The molecule has 0 saturated carbocycles. The smallest absolute Gasteiger partial charge is 0.231 e. The highest BCUT2D eigenvalue weighted by molar-refractivity contribution is 7.09. The number of nitrogens with one attached hydrogen (secondary N) is 1. The van der Waals surface area contributed by atoms with Crippen LogP contribution >= 0.6 is 23.7 Å². The molecule has 24 heavy (non-hydrogen) atoms. The number of aliphatic imine (C=N–C) groups is 1. The highest BCUT2D eigenvalue weighted by Gasteiger charge is 2.23. The van der Waals surface area contributed by atoms with E-state index in [-0.39, 0.29) is 18.3 Å². The zero-order valence-corrected chi connectivity index (χ0v) is 15.0. The van der Waals surface area contributed by atoms with Crippen molar-refractivity contribution in [2.45, 2.75) is 19.9 Å². The van der Waals surface area contributed by atoms with Crippen molar-refractivity contribution in [1.82, 2.24) is 4.90 Å². The number of anilines is 1. The zero-order valence-electron chi connectivity index (χ0n) is 13.4. The molecule has 0 saturated heterocycles. The average molecular weight is 366 g/mol. The van der Waals surface area contributed by atoms with Gasteiger partial charge in [-0.1, -0.05) is 6.07 Å². The highest BCUT2D eigenvalue weighted by atomic mass is 35.5. The Hall–Kier alpha value is -2.05. The molecule has 3 rings (SSSR count). The Morgan fingerprint density at radius 2 is 2.08 bits per heavy atom. The first kappa shape index (κ1) is 18.3. The van der Waals surface area contributed by atoms with Crippen molar-refractivity contribution in [2.24, 2.45) is 4.99 Å². The molecule has 0 radical (unpaired) electrons. The molecule has 128 valence electrons. The summed E-state index contributed by atoms with van der Waals surface area (Å²) in [6.07, 6.45) is 0.458. The van der Waals surface area contributed by atoms with Gasteiger partial charge in [0.15, 0.2) is 0 Å². The van der Waals surface area contributed by atoms with Gasteiger partial charge in [-0.25, -0.2) is 0 Å². The van der Waals surface area contributed by atoms with Gasteiger partial charge in [0.25, 0.3) is 0 Å². The molecule has 1 aliphatic rings. The number of carbonyl (C=O) groups excluding carboxylic acids is 1. The van der Waals surface area contributed by atoms with Crippen LogP contribution in [0.4, 0.5) is 5.69 Å².